The lowest BCUT2D eigenvalue weighted by Crippen LogP contribution is -2.57. The molecule has 0 spiro atoms. The van der Waals surface area contributed by atoms with Crippen molar-refractivity contribution in [2.24, 2.45) is 0 Å². The van der Waals surface area contributed by atoms with Gasteiger partial charge in [0.2, 0.25) is 0 Å². The SMILES string of the molecule is C[Si](C)(c1ccc2c3c1CCCN3CCC2)c1ccc2c3c1CCCN3CCC2. The lowest BCUT2D eigenvalue weighted by atomic mass is 9.92. The molecule has 0 bridgehead atoms. The first kappa shape index (κ1) is 18.1. The smallest absolute Gasteiger partial charge is 0.113 e. The maximum atomic E-state index is 2.71. The molecule has 4 heterocycles. The van der Waals surface area contributed by atoms with Crippen molar-refractivity contribution in [2.75, 3.05) is 36.0 Å². The molecule has 2 aromatic rings. The quantitative estimate of drug-likeness (QED) is 0.703. The van der Waals surface area contributed by atoms with Gasteiger partial charge in [0.1, 0.15) is 8.07 Å². The van der Waals surface area contributed by atoms with Crippen LogP contribution in [0.1, 0.15) is 47.9 Å². The van der Waals surface area contributed by atoms with Crippen LogP contribution in [0.25, 0.3) is 0 Å². The highest BCUT2D eigenvalue weighted by Crippen LogP contribution is 2.37. The van der Waals surface area contributed by atoms with Gasteiger partial charge < -0.3 is 9.80 Å². The van der Waals surface area contributed by atoms with E-state index in [1.54, 1.807) is 44.0 Å². The molecule has 0 atom stereocenters. The summed E-state index contributed by atoms with van der Waals surface area (Å²) in [6, 6.07) is 10.1. The van der Waals surface area contributed by atoms with Crippen LogP contribution in [0.3, 0.4) is 0 Å². The zero-order valence-corrected chi connectivity index (χ0v) is 19.2. The lowest BCUT2D eigenvalue weighted by Gasteiger charge is -2.42. The molecule has 2 nitrogen and oxygen atoms in total. The van der Waals surface area contributed by atoms with Crippen molar-refractivity contribution in [2.45, 2.75) is 64.5 Å². The van der Waals surface area contributed by atoms with E-state index in [1.165, 1.54) is 77.5 Å². The van der Waals surface area contributed by atoms with Crippen LogP contribution in [0, 0.1) is 0 Å². The van der Waals surface area contributed by atoms with E-state index in [0.29, 0.717) is 0 Å². The predicted octanol–water partition coefficient (Wildman–Crippen LogP) is 3.91. The zero-order chi connectivity index (χ0) is 19.6. The number of hydrogen-bond donors (Lipinski definition) is 0. The number of rotatable bonds is 2. The fourth-order valence-electron chi connectivity index (χ4n) is 6.87. The van der Waals surface area contributed by atoms with E-state index in [0.717, 1.165) is 0 Å². The van der Waals surface area contributed by atoms with Crippen LogP contribution in [0.5, 0.6) is 0 Å². The van der Waals surface area contributed by atoms with E-state index in [-0.39, 0.29) is 0 Å². The Morgan fingerprint density at radius 3 is 1.45 bits per heavy atom. The van der Waals surface area contributed by atoms with Gasteiger partial charge in [0.05, 0.1) is 0 Å². The topological polar surface area (TPSA) is 6.48 Å². The van der Waals surface area contributed by atoms with E-state index in [1.807, 2.05) is 0 Å². The molecule has 6 rings (SSSR count). The zero-order valence-electron chi connectivity index (χ0n) is 18.2. The summed E-state index contributed by atoms with van der Waals surface area (Å²) in [5.41, 5.74) is 9.99. The van der Waals surface area contributed by atoms with Crippen molar-refractivity contribution < 1.29 is 0 Å². The normalized spacial score (nSPS) is 20.3. The molecule has 0 fully saturated rings. The highest BCUT2D eigenvalue weighted by atomic mass is 28.3. The molecule has 0 aliphatic carbocycles. The second-order valence-corrected chi connectivity index (χ2v) is 14.5. The minimum absolute atomic E-state index is 1.27. The molecule has 0 saturated heterocycles. The summed E-state index contributed by atoms with van der Waals surface area (Å²) >= 11 is 0. The van der Waals surface area contributed by atoms with Gasteiger partial charge in [-0.05, 0) is 84.0 Å². The largest absolute Gasteiger partial charge is 0.371 e. The minimum Gasteiger partial charge on any atom is -0.371 e. The third-order valence-corrected chi connectivity index (χ3v) is 11.8. The van der Waals surface area contributed by atoms with Crippen molar-refractivity contribution in [3.8, 4) is 0 Å². The van der Waals surface area contributed by atoms with Gasteiger partial charge >= 0.3 is 0 Å². The highest BCUT2D eigenvalue weighted by Gasteiger charge is 2.37. The second kappa shape index (κ2) is 6.63. The number of hydrogen-bond acceptors (Lipinski definition) is 2. The summed E-state index contributed by atoms with van der Waals surface area (Å²) in [6.07, 6.45) is 10.5. The maximum Gasteiger partial charge on any atom is 0.113 e. The summed E-state index contributed by atoms with van der Waals surface area (Å²) < 4.78 is 0. The fraction of sp³-hybridized carbons (Fsp3) is 0.538. The molecule has 4 aliphatic rings. The third kappa shape index (κ3) is 2.66. The fourth-order valence-corrected chi connectivity index (χ4v) is 10.2. The molecule has 152 valence electrons. The summed E-state index contributed by atoms with van der Waals surface area (Å²) in [5, 5.41) is 3.46. The molecule has 0 amide bonds. The van der Waals surface area contributed by atoms with Crippen LogP contribution in [0.15, 0.2) is 24.3 Å². The molecule has 3 heteroatoms. The minimum atomic E-state index is -1.75. The Labute approximate surface area is 176 Å². The van der Waals surface area contributed by atoms with Crippen LogP contribution in [-0.4, -0.2) is 34.3 Å². The van der Waals surface area contributed by atoms with Crippen LogP contribution in [0.4, 0.5) is 11.4 Å². The maximum absolute atomic E-state index is 2.71. The van der Waals surface area contributed by atoms with Gasteiger partial charge in [-0.25, -0.2) is 0 Å². The number of anilines is 2. The Balaban J connectivity index is 1.53. The molecule has 4 aliphatic heterocycles. The molecular formula is C26H34N2Si. The van der Waals surface area contributed by atoms with Crippen LogP contribution in [0.2, 0.25) is 13.1 Å². The van der Waals surface area contributed by atoms with Crippen LogP contribution in [-0.2, 0) is 25.7 Å². The van der Waals surface area contributed by atoms with E-state index in [9.17, 15) is 0 Å². The van der Waals surface area contributed by atoms with Crippen LogP contribution >= 0.6 is 0 Å². The van der Waals surface area contributed by atoms with Crippen molar-refractivity contribution in [1.82, 2.24) is 0 Å². The molecule has 2 aromatic carbocycles. The summed E-state index contributed by atoms with van der Waals surface area (Å²) in [6.45, 7) is 10.3. The molecule has 29 heavy (non-hydrogen) atoms. The molecule has 0 N–H and O–H groups in total. The number of aryl methyl sites for hydroxylation is 2. The monoisotopic (exact) mass is 402 g/mol. The summed E-state index contributed by atoms with van der Waals surface area (Å²) in [4.78, 5) is 5.43. The van der Waals surface area contributed by atoms with E-state index < -0.39 is 8.07 Å². The van der Waals surface area contributed by atoms with Gasteiger partial charge in [0.25, 0.3) is 0 Å². The van der Waals surface area contributed by atoms with Crippen molar-refractivity contribution in [3.05, 3.63) is 46.5 Å². The second-order valence-electron chi connectivity index (χ2n) is 10.2. The van der Waals surface area contributed by atoms with E-state index in [2.05, 4.69) is 47.2 Å². The van der Waals surface area contributed by atoms with Crippen molar-refractivity contribution >= 4 is 29.8 Å². The number of nitrogens with zero attached hydrogens (tertiary/aromatic N) is 2. The first-order valence-electron chi connectivity index (χ1n) is 11.9. The summed E-state index contributed by atoms with van der Waals surface area (Å²) in [5.74, 6) is 0. The van der Waals surface area contributed by atoms with Gasteiger partial charge in [-0.15, -0.1) is 0 Å². The predicted molar refractivity (Wildman–Crippen MR) is 127 cm³/mol. The average Bonchev–Trinajstić information content (AvgIpc) is 2.75. The van der Waals surface area contributed by atoms with Gasteiger partial charge in [-0.3, -0.25) is 0 Å². The van der Waals surface area contributed by atoms with Crippen molar-refractivity contribution in [1.29, 1.82) is 0 Å². The van der Waals surface area contributed by atoms with E-state index >= 15 is 0 Å². The van der Waals surface area contributed by atoms with E-state index in [4.69, 9.17) is 0 Å². The Hall–Kier alpha value is -1.74. The Kier molecular flexibility index (Phi) is 4.13. The van der Waals surface area contributed by atoms with Gasteiger partial charge in [-0.1, -0.05) is 37.4 Å². The molecule has 0 unspecified atom stereocenters. The molecule has 0 radical (unpaired) electrons. The Morgan fingerprint density at radius 2 is 1.00 bits per heavy atom. The van der Waals surface area contributed by atoms with Gasteiger partial charge in [-0.2, -0.15) is 0 Å². The first-order valence-corrected chi connectivity index (χ1v) is 14.9. The highest BCUT2D eigenvalue weighted by molar-refractivity contribution is 7.01. The standard InChI is InChI=1S/C26H34N2Si/c1-29(2,23-13-11-19-7-3-15-27-17-5-9-21(23)25(19)27)24-14-12-20-8-4-16-28-18-6-10-22(24)26(20)28/h11-14H,3-10,15-18H2,1-2H3. The third-order valence-electron chi connectivity index (χ3n) is 8.17. The Morgan fingerprint density at radius 1 is 0.586 bits per heavy atom. The van der Waals surface area contributed by atoms with Crippen molar-refractivity contribution in [3.63, 3.8) is 0 Å². The molecule has 0 saturated carbocycles. The number of benzene rings is 2. The van der Waals surface area contributed by atoms with Crippen LogP contribution < -0.4 is 20.2 Å². The Bertz CT molecular complexity index is 896. The summed E-state index contributed by atoms with van der Waals surface area (Å²) in [7, 11) is -1.75. The van der Waals surface area contributed by atoms with Gasteiger partial charge in [0.15, 0.2) is 0 Å². The van der Waals surface area contributed by atoms with Gasteiger partial charge in [0, 0.05) is 37.6 Å². The lowest BCUT2D eigenvalue weighted by molar-refractivity contribution is 0.635. The first-order chi connectivity index (χ1) is 14.1. The molecular weight excluding hydrogens is 368 g/mol. The molecule has 0 aromatic heterocycles. The average molecular weight is 403 g/mol.